The Kier molecular flexibility index (Phi) is 15.7. The molecular formula is C31H54N2O8. The average molecular weight is 583 g/mol. The van der Waals surface area contributed by atoms with E-state index in [0.29, 0.717) is 23.7 Å². The van der Waals surface area contributed by atoms with Crippen LogP contribution >= 0.6 is 0 Å². The molecule has 8 atom stereocenters. The first kappa shape index (κ1) is 35.0. The summed E-state index contributed by atoms with van der Waals surface area (Å²) in [6, 6.07) is -1.07. The lowest BCUT2D eigenvalue weighted by atomic mass is 9.68. The van der Waals surface area contributed by atoms with Crippen LogP contribution in [0.3, 0.4) is 0 Å². The Morgan fingerprint density at radius 2 is 0.976 bits per heavy atom. The molecule has 2 fully saturated rings. The molecule has 0 aromatic carbocycles. The van der Waals surface area contributed by atoms with Crippen molar-refractivity contribution in [2.24, 2.45) is 23.7 Å². The van der Waals surface area contributed by atoms with E-state index in [2.05, 4.69) is 24.5 Å². The first-order valence-corrected chi connectivity index (χ1v) is 15.8. The summed E-state index contributed by atoms with van der Waals surface area (Å²) < 4.78 is 20.6. The third-order valence-electron chi connectivity index (χ3n) is 8.67. The fourth-order valence-electron chi connectivity index (χ4n) is 6.56. The van der Waals surface area contributed by atoms with Crippen LogP contribution in [0.5, 0.6) is 0 Å². The Morgan fingerprint density at radius 3 is 1.29 bits per heavy atom. The smallest absolute Gasteiger partial charge is 0.323 e. The van der Waals surface area contributed by atoms with Crippen molar-refractivity contribution in [1.29, 1.82) is 0 Å². The van der Waals surface area contributed by atoms with Gasteiger partial charge in [0.2, 0.25) is 0 Å². The van der Waals surface area contributed by atoms with Gasteiger partial charge in [0.1, 0.15) is 12.1 Å². The Labute approximate surface area is 246 Å². The summed E-state index contributed by atoms with van der Waals surface area (Å²) in [6.45, 7) is 12.7. The minimum absolute atomic E-state index is 0.0212. The molecule has 0 bridgehead atoms. The van der Waals surface area contributed by atoms with Gasteiger partial charge < -0.3 is 29.6 Å². The van der Waals surface area contributed by atoms with Gasteiger partial charge in [0.05, 0.1) is 39.3 Å². The van der Waals surface area contributed by atoms with Crippen LogP contribution in [0.25, 0.3) is 0 Å². The summed E-state index contributed by atoms with van der Waals surface area (Å²) in [5.41, 5.74) is 0. The molecule has 0 saturated heterocycles. The van der Waals surface area contributed by atoms with E-state index in [9.17, 15) is 19.2 Å². The third-order valence-corrected chi connectivity index (χ3v) is 8.67. The number of esters is 4. The van der Waals surface area contributed by atoms with Crippen LogP contribution in [0.1, 0.15) is 99.3 Å². The summed E-state index contributed by atoms with van der Waals surface area (Å²) >= 11 is 0. The fraction of sp³-hybridized carbons (Fsp3) is 0.871. The van der Waals surface area contributed by atoms with Crippen molar-refractivity contribution in [1.82, 2.24) is 10.6 Å². The van der Waals surface area contributed by atoms with Gasteiger partial charge in [0.25, 0.3) is 0 Å². The average Bonchev–Trinajstić information content (AvgIpc) is 2.91. The van der Waals surface area contributed by atoms with Gasteiger partial charge in [0.15, 0.2) is 0 Å². The second-order valence-electron chi connectivity index (χ2n) is 11.7. The topological polar surface area (TPSA) is 129 Å². The van der Waals surface area contributed by atoms with Crippen LogP contribution in [0, 0.1) is 23.7 Å². The van der Waals surface area contributed by atoms with Crippen molar-refractivity contribution in [3.05, 3.63) is 0 Å². The normalized spacial score (nSPS) is 27.8. The zero-order chi connectivity index (χ0) is 30.4. The van der Waals surface area contributed by atoms with E-state index in [0.717, 1.165) is 44.9 Å². The zero-order valence-electron chi connectivity index (χ0n) is 26.1. The van der Waals surface area contributed by atoms with Crippen molar-refractivity contribution >= 4 is 23.9 Å². The zero-order valence-corrected chi connectivity index (χ0v) is 26.1. The highest BCUT2D eigenvalue weighted by Gasteiger charge is 2.37. The second kappa shape index (κ2) is 18.4. The van der Waals surface area contributed by atoms with Crippen LogP contribution in [-0.4, -0.2) is 74.5 Å². The van der Waals surface area contributed by atoms with Gasteiger partial charge in [-0.05, 0) is 96.3 Å². The lowest BCUT2D eigenvalue weighted by Gasteiger charge is -2.41. The lowest BCUT2D eigenvalue weighted by Crippen LogP contribution is -2.49. The van der Waals surface area contributed by atoms with Gasteiger partial charge in [-0.15, -0.1) is 0 Å². The first-order valence-electron chi connectivity index (χ1n) is 15.8. The molecule has 0 spiro atoms. The van der Waals surface area contributed by atoms with Crippen molar-refractivity contribution < 1.29 is 38.1 Å². The molecule has 0 aliphatic heterocycles. The SMILES string of the molecule is CCOC(=O)C[C@H](NC1CCC(CC2CCC(N[C@@H](CC(=O)OCC)C(=O)OCC)CC2C)C(C)C1)C(=O)OCC. The molecule has 0 aromatic rings. The molecule has 6 unspecified atom stereocenters. The standard InChI is InChI=1S/C31H54N2O8/c1-7-38-28(34)18-26(30(36)40-9-3)32-24-13-11-22(20(5)15-24)17-23-12-14-25(16-21(23)6)33-27(31(37)41-10-4)19-29(35)39-8-2/h20-27,32-33H,7-19H2,1-6H3/t20?,21?,22?,23?,24?,25?,26-,27-/m0/s1. The first-order chi connectivity index (χ1) is 19.6. The molecule has 0 heterocycles. The molecular weight excluding hydrogens is 528 g/mol. The number of hydrogen-bond donors (Lipinski definition) is 2. The predicted molar refractivity (Wildman–Crippen MR) is 155 cm³/mol. The van der Waals surface area contributed by atoms with Gasteiger partial charge in [-0.2, -0.15) is 0 Å². The van der Waals surface area contributed by atoms with E-state index in [1.54, 1.807) is 27.7 Å². The molecule has 2 aliphatic carbocycles. The fourth-order valence-corrected chi connectivity index (χ4v) is 6.56. The van der Waals surface area contributed by atoms with Crippen molar-refractivity contribution in [2.75, 3.05) is 26.4 Å². The maximum atomic E-state index is 12.5. The van der Waals surface area contributed by atoms with Crippen molar-refractivity contribution in [2.45, 2.75) is 123 Å². The summed E-state index contributed by atoms with van der Waals surface area (Å²) in [7, 11) is 0. The molecule has 0 amide bonds. The number of carbonyl (C=O) groups is 4. The monoisotopic (exact) mass is 582 g/mol. The van der Waals surface area contributed by atoms with Crippen LogP contribution in [-0.2, 0) is 38.1 Å². The maximum absolute atomic E-state index is 12.5. The van der Waals surface area contributed by atoms with E-state index in [4.69, 9.17) is 18.9 Å². The van der Waals surface area contributed by atoms with E-state index in [1.165, 1.54) is 0 Å². The van der Waals surface area contributed by atoms with Gasteiger partial charge in [-0.3, -0.25) is 19.2 Å². The lowest BCUT2D eigenvalue weighted by molar-refractivity contribution is -0.152. The van der Waals surface area contributed by atoms with E-state index in [1.807, 2.05) is 0 Å². The number of nitrogens with one attached hydrogen (secondary N) is 2. The summed E-state index contributed by atoms with van der Waals surface area (Å²) in [5.74, 6) is 0.602. The van der Waals surface area contributed by atoms with Crippen LogP contribution in [0.15, 0.2) is 0 Å². The number of ether oxygens (including phenoxy) is 4. The quantitative estimate of drug-likeness (QED) is 0.204. The van der Waals surface area contributed by atoms with Crippen LogP contribution < -0.4 is 10.6 Å². The molecule has 2 aliphatic rings. The highest BCUT2D eigenvalue weighted by molar-refractivity contribution is 5.83. The number of rotatable bonds is 16. The summed E-state index contributed by atoms with van der Waals surface area (Å²) in [6.07, 6.45) is 7.07. The molecule has 2 saturated carbocycles. The van der Waals surface area contributed by atoms with Crippen LogP contribution in [0.2, 0.25) is 0 Å². The summed E-state index contributed by atoms with van der Waals surface area (Å²) in [5, 5.41) is 6.80. The van der Waals surface area contributed by atoms with Crippen molar-refractivity contribution in [3.8, 4) is 0 Å². The highest BCUT2D eigenvalue weighted by atomic mass is 16.5. The molecule has 0 aromatic heterocycles. The molecule has 10 nitrogen and oxygen atoms in total. The highest BCUT2D eigenvalue weighted by Crippen LogP contribution is 2.41. The molecule has 0 radical (unpaired) electrons. The summed E-state index contributed by atoms with van der Waals surface area (Å²) in [4.78, 5) is 49.1. The third kappa shape index (κ3) is 11.9. The van der Waals surface area contributed by atoms with Crippen LogP contribution in [0.4, 0.5) is 0 Å². The van der Waals surface area contributed by atoms with Gasteiger partial charge in [0, 0.05) is 12.1 Å². The minimum atomic E-state index is -0.687. The molecule has 2 N–H and O–H groups in total. The van der Waals surface area contributed by atoms with Gasteiger partial charge in [-0.25, -0.2) is 0 Å². The van der Waals surface area contributed by atoms with E-state index >= 15 is 0 Å². The number of carbonyl (C=O) groups excluding carboxylic acids is 4. The second-order valence-corrected chi connectivity index (χ2v) is 11.7. The molecule has 2 rings (SSSR count). The maximum Gasteiger partial charge on any atom is 0.323 e. The largest absolute Gasteiger partial charge is 0.466 e. The predicted octanol–water partition coefficient (Wildman–Crippen LogP) is 3.94. The Morgan fingerprint density at radius 1 is 0.610 bits per heavy atom. The van der Waals surface area contributed by atoms with E-state index < -0.39 is 36.0 Å². The Bertz CT molecular complexity index is 771. The minimum Gasteiger partial charge on any atom is -0.466 e. The van der Waals surface area contributed by atoms with Gasteiger partial charge in [-0.1, -0.05) is 13.8 Å². The van der Waals surface area contributed by atoms with Crippen molar-refractivity contribution in [3.63, 3.8) is 0 Å². The van der Waals surface area contributed by atoms with Gasteiger partial charge >= 0.3 is 23.9 Å². The molecule has 236 valence electrons. The molecule has 10 heteroatoms. The Hall–Kier alpha value is -2.20. The molecule has 41 heavy (non-hydrogen) atoms. The van der Waals surface area contributed by atoms with E-state index in [-0.39, 0.29) is 51.4 Å². The Balaban J connectivity index is 1.88. The number of hydrogen-bond acceptors (Lipinski definition) is 10.